The molecule has 0 aromatic heterocycles. The van der Waals surface area contributed by atoms with Crippen molar-refractivity contribution in [3.8, 4) is 0 Å². The lowest BCUT2D eigenvalue weighted by Crippen LogP contribution is -2.59. The Labute approximate surface area is 187 Å². The molecule has 0 aromatic rings. The summed E-state index contributed by atoms with van der Waals surface area (Å²) in [5.41, 5.74) is -0.601. The SMILES string of the molecule is COC1(CCCNC(C)=O)OCC(C)(C)[C@H](C(=O)NCCC(=O)NCCSC(C)=O)O1. The van der Waals surface area contributed by atoms with E-state index >= 15 is 0 Å². The van der Waals surface area contributed by atoms with Crippen molar-refractivity contribution < 1.29 is 33.4 Å². The number of carbonyl (C=O) groups excluding carboxylic acids is 4. The van der Waals surface area contributed by atoms with E-state index in [2.05, 4.69) is 16.0 Å². The number of rotatable bonds is 12. The second kappa shape index (κ2) is 13.0. The summed E-state index contributed by atoms with van der Waals surface area (Å²) in [5, 5.41) is 8.14. The maximum Gasteiger partial charge on any atom is 0.283 e. The van der Waals surface area contributed by atoms with Crippen LogP contribution in [0.1, 0.15) is 47.0 Å². The maximum atomic E-state index is 12.8. The molecule has 0 aromatic carbocycles. The Morgan fingerprint density at radius 3 is 2.39 bits per heavy atom. The Hall–Kier alpha value is -1.69. The topological polar surface area (TPSA) is 132 Å². The number of methoxy groups -OCH3 is 1. The molecule has 1 saturated heterocycles. The highest BCUT2D eigenvalue weighted by molar-refractivity contribution is 8.13. The molecule has 0 spiro atoms. The molecule has 11 heteroatoms. The molecule has 10 nitrogen and oxygen atoms in total. The summed E-state index contributed by atoms with van der Waals surface area (Å²) in [6.45, 7) is 7.85. The zero-order valence-electron chi connectivity index (χ0n) is 19.0. The summed E-state index contributed by atoms with van der Waals surface area (Å²) in [6, 6.07) is 0. The predicted molar refractivity (Wildman–Crippen MR) is 116 cm³/mol. The maximum absolute atomic E-state index is 12.8. The Balaban J connectivity index is 2.52. The third-order valence-corrected chi connectivity index (χ3v) is 5.45. The molecular formula is C20H35N3O7S. The summed E-state index contributed by atoms with van der Waals surface area (Å²) < 4.78 is 17.2. The predicted octanol–water partition coefficient (Wildman–Crippen LogP) is 0.547. The normalized spacial score (nSPS) is 22.4. The van der Waals surface area contributed by atoms with Crippen LogP contribution in [0.2, 0.25) is 0 Å². The summed E-state index contributed by atoms with van der Waals surface area (Å²) in [4.78, 5) is 46.5. The van der Waals surface area contributed by atoms with E-state index in [-0.39, 0.29) is 42.4 Å². The van der Waals surface area contributed by atoms with Crippen molar-refractivity contribution in [2.45, 2.75) is 59.0 Å². The zero-order chi connectivity index (χ0) is 23.5. The molecule has 1 rings (SSSR count). The number of carbonyl (C=O) groups is 4. The first kappa shape index (κ1) is 27.3. The molecule has 0 aliphatic carbocycles. The lowest BCUT2D eigenvalue weighted by molar-refractivity contribution is -0.425. The van der Waals surface area contributed by atoms with Crippen LogP contribution < -0.4 is 16.0 Å². The molecule has 31 heavy (non-hydrogen) atoms. The van der Waals surface area contributed by atoms with Crippen LogP contribution in [0.15, 0.2) is 0 Å². The van der Waals surface area contributed by atoms with Crippen molar-refractivity contribution in [2.75, 3.05) is 39.1 Å². The molecule has 1 aliphatic heterocycles. The van der Waals surface area contributed by atoms with Crippen LogP contribution in [-0.4, -0.2) is 74.0 Å². The Morgan fingerprint density at radius 2 is 1.77 bits per heavy atom. The highest BCUT2D eigenvalue weighted by Crippen LogP contribution is 2.37. The van der Waals surface area contributed by atoms with Gasteiger partial charge >= 0.3 is 0 Å². The van der Waals surface area contributed by atoms with Gasteiger partial charge in [0.25, 0.3) is 5.97 Å². The highest BCUT2D eigenvalue weighted by atomic mass is 32.2. The molecule has 0 radical (unpaired) electrons. The monoisotopic (exact) mass is 461 g/mol. The van der Waals surface area contributed by atoms with Crippen LogP contribution in [-0.2, 0) is 33.4 Å². The van der Waals surface area contributed by atoms with Crippen molar-refractivity contribution >= 4 is 34.6 Å². The van der Waals surface area contributed by atoms with Crippen LogP contribution in [0, 0.1) is 5.41 Å². The van der Waals surface area contributed by atoms with Gasteiger partial charge in [0.15, 0.2) is 5.12 Å². The molecule has 3 amide bonds. The van der Waals surface area contributed by atoms with Crippen LogP contribution in [0.3, 0.4) is 0 Å². The molecule has 1 fully saturated rings. The van der Waals surface area contributed by atoms with Gasteiger partial charge < -0.3 is 30.2 Å². The standard InChI is InChI=1S/C20H35N3O7S/c1-14(24)21-9-6-8-20(28-5)29-13-19(3,4)17(30-20)18(27)23-10-7-16(26)22-11-12-31-15(2)25/h17H,6-13H2,1-5H3,(H,21,24)(H,22,26)(H,23,27)/t17-,20?/m0/s1. The molecule has 0 bridgehead atoms. The van der Waals surface area contributed by atoms with Gasteiger partial charge in [-0.3, -0.25) is 19.2 Å². The molecule has 178 valence electrons. The fourth-order valence-electron chi connectivity index (χ4n) is 2.93. The van der Waals surface area contributed by atoms with Gasteiger partial charge in [-0.1, -0.05) is 25.6 Å². The van der Waals surface area contributed by atoms with Crippen molar-refractivity contribution in [2.24, 2.45) is 5.41 Å². The third-order valence-electron chi connectivity index (χ3n) is 4.63. The largest absolute Gasteiger partial charge is 0.356 e. The van der Waals surface area contributed by atoms with Gasteiger partial charge in [0.05, 0.1) is 6.61 Å². The summed E-state index contributed by atoms with van der Waals surface area (Å²) in [6.07, 6.45) is 0.165. The molecule has 0 saturated carbocycles. The van der Waals surface area contributed by atoms with E-state index in [4.69, 9.17) is 14.2 Å². The number of hydrogen-bond acceptors (Lipinski definition) is 8. The van der Waals surface area contributed by atoms with Gasteiger partial charge in [-0.2, -0.15) is 0 Å². The smallest absolute Gasteiger partial charge is 0.283 e. The average Bonchev–Trinajstić information content (AvgIpc) is 2.69. The number of amides is 3. The lowest BCUT2D eigenvalue weighted by Gasteiger charge is -2.46. The first-order chi connectivity index (χ1) is 14.5. The van der Waals surface area contributed by atoms with E-state index in [9.17, 15) is 19.2 Å². The summed E-state index contributed by atoms with van der Waals surface area (Å²) >= 11 is 1.15. The lowest BCUT2D eigenvalue weighted by atomic mass is 9.85. The minimum Gasteiger partial charge on any atom is -0.356 e. The van der Waals surface area contributed by atoms with Crippen LogP contribution in [0.25, 0.3) is 0 Å². The molecule has 3 N–H and O–H groups in total. The molecular weight excluding hydrogens is 426 g/mol. The number of hydrogen-bond donors (Lipinski definition) is 3. The zero-order valence-corrected chi connectivity index (χ0v) is 19.8. The average molecular weight is 462 g/mol. The molecule has 2 atom stereocenters. The second-order valence-electron chi connectivity index (χ2n) is 7.98. The van der Waals surface area contributed by atoms with E-state index in [1.165, 1.54) is 21.0 Å². The van der Waals surface area contributed by atoms with E-state index < -0.39 is 17.5 Å². The van der Waals surface area contributed by atoms with Crippen LogP contribution >= 0.6 is 11.8 Å². The van der Waals surface area contributed by atoms with Crippen molar-refractivity contribution in [1.29, 1.82) is 0 Å². The van der Waals surface area contributed by atoms with E-state index in [1.54, 1.807) is 0 Å². The molecule has 1 heterocycles. The number of ether oxygens (including phenoxy) is 3. The third kappa shape index (κ3) is 9.98. The fraction of sp³-hybridized carbons (Fsp3) is 0.800. The fourth-order valence-corrected chi connectivity index (χ4v) is 3.42. The summed E-state index contributed by atoms with van der Waals surface area (Å²) in [5.74, 6) is -1.55. The Bertz CT molecular complexity index is 644. The van der Waals surface area contributed by atoms with E-state index in [0.29, 0.717) is 31.7 Å². The van der Waals surface area contributed by atoms with Crippen LogP contribution in [0.5, 0.6) is 0 Å². The van der Waals surface area contributed by atoms with E-state index in [0.717, 1.165) is 11.8 Å². The van der Waals surface area contributed by atoms with Crippen molar-refractivity contribution in [3.05, 3.63) is 0 Å². The van der Waals surface area contributed by atoms with Gasteiger partial charge in [0.1, 0.15) is 6.10 Å². The van der Waals surface area contributed by atoms with Gasteiger partial charge in [-0.15, -0.1) is 0 Å². The first-order valence-electron chi connectivity index (χ1n) is 10.3. The van der Waals surface area contributed by atoms with Gasteiger partial charge in [0.2, 0.25) is 17.7 Å². The minimum absolute atomic E-state index is 0.00263. The van der Waals surface area contributed by atoms with Gasteiger partial charge in [0, 0.05) is 64.6 Å². The van der Waals surface area contributed by atoms with Crippen LogP contribution in [0.4, 0.5) is 0 Å². The Morgan fingerprint density at radius 1 is 1.06 bits per heavy atom. The molecule has 1 unspecified atom stereocenters. The minimum atomic E-state index is -1.37. The number of thioether (sulfide) groups is 1. The van der Waals surface area contributed by atoms with Gasteiger partial charge in [-0.25, -0.2) is 0 Å². The van der Waals surface area contributed by atoms with E-state index in [1.807, 2.05) is 13.8 Å². The first-order valence-corrected chi connectivity index (χ1v) is 11.3. The number of nitrogens with one attached hydrogen (secondary N) is 3. The summed E-state index contributed by atoms with van der Waals surface area (Å²) in [7, 11) is 1.44. The molecule has 1 aliphatic rings. The highest BCUT2D eigenvalue weighted by Gasteiger charge is 2.50. The quantitative estimate of drug-likeness (QED) is 0.359. The Kier molecular flexibility index (Phi) is 11.5. The van der Waals surface area contributed by atoms with Crippen molar-refractivity contribution in [1.82, 2.24) is 16.0 Å². The van der Waals surface area contributed by atoms with Gasteiger partial charge in [-0.05, 0) is 6.42 Å². The van der Waals surface area contributed by atoms with Crippen molar-refractivity contribution in [3.63, 3.8) is 0 Å². The second-order valence-corrected chi connectivity index (χ2v) is 9.25.